The average Bonchev–Trinajstić information content (AvgIpc) is 3.67. The molecule has 3 aromatic carbocycles. The van der Waals surface area contributed by atoms with E-state index < -0.39 is 55.5 Å². The zero-order chi connectivity index (χ0) is 38.1. The average molecular weight is 774 g/mol. The molecule has 4 aromatic rings. The molecule has 1 aromatic heterocycles. The first-order chi connectivity index (χ1) is 25.9. The number of hydrogen-bond acceptors (Lipinski definition) is 10. The zero-order valence-electron chi connectivity index (χ0n) is 30.0. The van der Waals surface area contributed by atoms with Crippen molar-refractivity contribution in [1.29, 1.82) is 0 Å². The van der Waals surface area contributed by atoms with Crippen LogP contribution in [0.3, 0.4) is 0 Å². The quantitative estimate of drug-likeness (QED) is 0.225. The van der Waals surface area contributed by atoms with Crippen molar-refractivity contribution in [2.24, 2.45) is 5.92 Å². The number of anilines is 1. The highest BCUT2D eigenvalue weighted by Crippen LogP contribution is 2.46. The lowest BCUT2D eigenvalue weighted by atomic mass is 10.1. The number of sulfonamides is 2. The molecule has 0 radical (unpaired) electrons. The van der Waals surface area contributed by atoms with Gasteiger partial charge in [-0.1, -0.05) is 61.0 Å². The number of aromatic nitrogens is 1. The van der Waals surface area contributed by atoms with E-state index in [-0.39, 0.29) is 24.3 Å². The molecule has 3 N–H and O–H groups in total. The lowest BCUT2D eigenvalue weighted by Crippen LogP contribution is -2.56. The molecule has 0 spiro atoms. The van der Waals surface area contributed by atoms with Gasteiger partial charge >= 0.3 is 0 Å². The van der Waals surface area contributed by atoms with Crippen LogP contribution in [0, 0.1) is 5.92 Å². The minimum Gasteiger partial charge on any atom is -0.497 e. The van der Waals surface area contributed by atoms with Gasteiger partial charge in [-0.05, 0) is 49.9 Å². The number of nitrogens with one attached hydrogen (secondary N) is 3. The molecule has 7 rings (SSSR count). The van der Waals surface area contributed by atoms with E-state index in [2.05, 4.69) is 15.4 Å². The van der Waals surface area contributed by atoms with Crippen molar-refractivity contribution in [3.8, 4) is 22.8 Å². The molecule has 1 aliphatic carbocycles. The normalized spacial score (nSPS) is 25.1. The van der Waals surface area contributed by atoms with Crippen LogP contribution < -0.4 is 24.8 Å². The van der Waals surface area contributed by atoms with Crippen molar-refractivity contribution >= 4 is 48.5 Å². The summed E-state index contributed by atoms with van der Waals surface area (Å²) in [6, 6.07) is 21.8. The predicted octanol–water partition coefficient (Wildman–Crippen LogP) is 4.61. The summed E-state index contributed by atoms with van der Waals surface area (Å²) in [7, 11) is -6.72. The molecule has 0 bridgehead atoms. The predicted molar refractivity (Wildman–Crippen MR) is 205 cm³/mol. The molecule has 284 valence electrons. The fraction of sp³-hybridized carbons (Fsp3) is 0.359. The topological polar surface area (TPSA) is 173 Å². The number of hydrogen-bond donors (Lipinski definition) is 3. The molecule has 1 saturated carbocycles. The molecule has 15 heteroatoms. The maximum absolute atomic E-state index is 14.2. The van der Waals surface area contributed by atoms with Gasteiger partial charge in [-0.3, -0.25) is 9.59 Å². The van der Waals surface area contributed by atoms with Crippen LogP contribution in [-0.2, 0) is 29.6 Å². The summed E-state index contributed by atoms with van der Waals surface area (Å²) in [5, 5.41) is 6.65. The fourth-order valence-electron chi connectivity index (χ4n) is 7.24. The summed E-state index contributed by atoms with van der Waals surface area (Å²) in [5.41, 5.74) is 0.854. The molecule has 13 nitrogen and oxygen atoms in total. The van der Waals surface area contributed by atoms with E-state index in [9.17, 15) is 26.4 Å². The minimum absolute atomic E-state index is 0.0188. The molecule has 2 amide bonds. The molecule has 3 heterocycles. The standard InChI is InChI=1S/C39H43N5O8S2/c1-51-28-18-19-30-33(21-28)41-32(26-13-7-6-8-14-26)23-35(30)52-29-22-34(44(25-29)53(2,47)48)37(45)42-39-24-27(39)15-9-4-3-5-12-20-40-31-16-10-11-17-36(31)54(49,50)43-38(39)46/h6-11,13-19,21,23,27,29,34,40H,3-5,12,20,22,24-25H2,1-2H3,(H,42,45)(H,43,46)/b15-9-/t27-,29-,34+,39+/m1/s1. The van der Waals surface area contributed by atoms with E-state index in [0.29, 0.717) is 40.3 Å². The van der Waals surface area contributed by atoms with E-state index in [0.717, 1.165) is 41.8 Å². The third-order valence-corrected chi connectivity index (χ3v) is 12.8. The highest BCUT2D eigenvalue weighted by Gasteiger charge is 2.61. The summed E-state index contributed by atoms with van der Waals surface area (Å²) in [6.07, 6.45) is 7.59. The summed E-state index contributed by atoms with van der Waals surface area (Å²) in [5.74, 6) is -1.05. The number of ether oxygens (including phenoxy) is 2. The number of amides is 2. The number of carbonyl (C=O) groups is 2. The van der Waals surface area contributed by atoms with Crippen molar-refractivity contribution in [1.82, 2.24) is 19.3 Å². The van der Waals surface area contributed by atoms with Crippen molar-refractivity contribution in [2.75, 3.05) is 31.8 Å². The van der Waals surface area contributed by atoms with Gasteiger partial charge in [0, 0.05) is 42.0 Å². The molecule has 3 aliphatic rings. The van der Waals surface area contributed by atoms with Gasteiger partial charge < -0.3 is 20.1 Å². The molecule has 2 aliphatic heterocycles. The second-order valence-corrected chi connectivity index (χ2v) is 17.6. The SMILES string of the molecule is COc1ccc2c(O[C@@H]3C[C@@H](C(=O)N[C@@]45C[C@H]4/C=C\CCCCCNc4ccccc4S(=O)(=O)NC5=O)N(S(C)(=O)=O)C3)cc(-c3ccccc3)nc2c1. The Hall–Kier alpha value is -4.99. The number of fused-ring (bicyclic) bond motifs is 3. The first kappa shape index (κ1) is 37.3. The van der Waals surface area contributed by atoms with E-state index >= 15 is 0 Å². The van der Waals surface area contributed by atoms with Gasteiger partial charge in [-0.15, -0.1) is 0 Å². The summed E-state index contributed by atoms with van der Waals surface area (Å²) in [4.78, 5) is 32.9. The Labute approximate surface area is 315 Å². The van der Waals surface area contributed by atoms with Crippen LogP contribution in [0.1, 0.15) is 38.5 Å². The highest BCUT2D eigenvalue weighted by atomic mass is 32.2. The number of para-hydroxylation sites is 1. The largest absolute Gasteiger partial charge is 0.497 e. The molecule has 1 saturated heterocycles. The van der Waals surface area contributed by atoms with Gasteiger partial charge in [0.05, 0.1) is 36.8 Å². The lowest BCUT2D eigenvalue weighted by molar-refractivity contribution is -0.131. The van der Waals surface area contributed by atoms with Crippen LogP contribution in [0.25, 0.3) is 22.2 Å². The Bertz CT molecular complexity index is 2320. The van der Waals surface area contributed by atoms with Crippen molar-refractivity contribution < 1.29 is 35.9 Å². The van der Waals surface area contributed by atoms with Crippen molar-refractivity contribution in [2.45, 2.75) is 61.1 Å². The molecule has 54 heavy (non-hydrogen) atoms. The second-order valence-electron chi connectivity index (χ2n) is 14.0. The van der Waals surface area contributed by atoms with Gasteiger partial charge in [-0.25, -0.2) is 26.5 Å². The fourth-order valence-corrected chi connectivity index (χ4v) is 9.55. The Balaban J connectivity index is 1.17. The minimum atomic E-state index is -4.35. The number of pyridine rings is 1. The van der Waals surface area contributed by atoms with E-state index in [1.165, 1.54) is 6.07 Å². The van der Waals surface area contributed by atoms with E-state index in [1.54, 1.807) is 43.5 Å². The highest BCUT2D eigenvalue weighted by molar-refractivity contribution is 7.90. The molecule has 0 unspecified atom stereocenters. The molecule has 2 fully saturated rings. The number of allylic oxidation sites excluding steroid dienone is 1. The van der Waals surface area contributed by atoms with E-state index in [1.807, 2.05) is 48.6 Å². The molecule has 4 atom stereocenters. The summed E-state index contributed by atoms with van der Waals surface area (Å²) < 4.78 is 68.8. The first-order valence-electron chi connectivity index (χ1n) is 17.9. The molecular formula is C39H43N5O8S2. The third-order valence-electron chi connectivity index (χ3n) is 10.2. The number of methoxy groups -OCH3 is 1. The summed E-state index contributed by atoms with van der Waals surface area (Å²) >= 11 is 0. The first-order valence-corrected chi connectivity index (χ1v) is 21.3. The van der Waals surface area contributed by atoms with Crippen molar-refractivity contribution in [3.63, 3.8) is 0 Å². The monoisotopic (exact) mass is 773 g/mol. The summed E-state index contributed by atoms with van der Waals surface area (Å²) in [6.45, 7) is 0.439. The van der Waals surface area contributed by atoms with Crippen LogP contribution in [0.5, 0.6) is 11.5 Å². The number of benzene rings is 3. The number of rotatable bonds is 7. The molecular weight excluding hydrogens is 731 g/mol. The Kier molecular flexibility index (Phi) is 10.4. The second kappa shape index (κ2) is 15.0. The van der Waals surface area contributed by atoms with Gasteiger partial charge in [0.1, 0.15) is 34.1 Å². The number of carbonyl (C=O) groups excluding carboxylic acids is 2. The maximum Gasteiger partial charge on any atom is 0.266 e. The van der Waals surface area contributed by atoms with Crippen LogP contribution in [0.15, 0.2) is 95.9 Å². The van der Waals surface area contributed by atoms with Gasteiger partial charge in [0.25, 0.3) is 15.9 Å². The zero-order valence-corrected chi connectivity index (χ0v) is 31.7. The van der Waals surface area contributed by atoms with Crippen molar-refractivity contribution in [3.05, 3.63) is 91.0 Å². The van der Waals surface area contributed by atoms with Gasteiger partial charge in [0.2, 0.25) is 15.9 Å². The Morgan fingerprint density at radius 1 is 1.02 bits per heavy atom. The van der Waals surface area contributed by atoms with Crippen LogP contribution in [0.2, 0.25) is 0 Å². The van der Waals surface area contributed by atoms with Crippen LogP contribution in [0.4, 0.5) is 5.69 Å². The van der Waals surface area contributed by atoms with Gasteiger partial charge in [-0.2, -0.15) is 4.31 Å². The lowest BCUT2D eigenvalue weighted by Gasteiger charge is -2.25. The third kappa shape index (κ3) is 7.79. The maximum atomic E-state index is 14.2. The van der Waals surface area contributed by atoms with Crippen LogP contribution in [-0.4, -0.2) is 82.1 Å². The smallest absolute Gasteiger partial charge is 0.266 e. The Morgan fingerprint density at radius 3 is 2.57 bits per heavy atom. The number of nitrogens with zero attached hydrogens (tertiary/aromatic N) is 2. The van der Waals surface area contributed by atoms with Crippen LogP contribution >= 0.6 is 0 Å². The Morgan fingerprint density at radius 2 is 1.80 bits per heavy atom. The van der Waals surface area contributed by atoms with E-state index in [4.69, 9.17) is 14.5 Å². The van der Waals surface area contributed by atoms with Gasteiger partial charge in [0.15, 0.2) is 0 Å².